The standard InChI is InChI=1S/C20H15BrO2/c1-23-17-10-7-14(8-11-17)19-13-16(21)9-12-18(19)20(22)15-5-3-2-4-6-15/h2-13H,1H3. The Bertz CT molecular complexity index is 824. The molecule has 0 fully saturated rings. The Hall–Kier alpha value is -2.39. The zero-order valence-corrected chi connectivity index (χ0v) is 14.2. The number of methoxy groups -OCH3 is 1. The van der Waals surface area contributed by atoms with E-state index in [4.69, 9.17) is 4.74 Å². The van der Waals surface area contributed by atoms with Crippen LogP contribution in [-0.2, 0) is 0 Å². The number of ketones is 1. The lowest BCUT2D eigenvalue weighted by Crippen LogP contribution is -2.03. The molecule has 0 saturated carbocycles. The molecule has 0 saturated heterocycles. The van der Waals surface area contributed by atoms with Crippen LogP contribution in [0, 0.1) is 0 Å². The van der Waals surface area contributed by atoms with E-state index < -0.39 is 0 Å². The number of rotatable bonds is 4. The summed E-state index contributed by atoms with van der Waals surface area (Å²) in [4.78, 5) is 12.8. The van der Waals surface area contributed by atoms with Crippen molar-refractivity contribution in [1.29, 1.82) is 0 Å². The van der Waals surface area contributed by atoms with Gasteiger partial charge in [-0.3, -0.25) is 4.79 Å². The summed E-state index contributed by atoms with van der Waals surface area (Å²) < 4.78 is 6.14. The van der Waals surface area contributed by atoms with Crippen LogP contribution >= 0.6 is 15.9 Å². The Balaban J connectivity index is 2.09. The second-order valence-electron chi connectivity index (χ2n) is 5.11. The van der Waals surface area contributed by atoms with Crippen LogP contribution in [0.3, 0.4) is 0 Å². The lowest BCUT2D eigenvalue weighted by Gasteiger charge is -2.11. The van der Waals surface area contributed by atoms with Gasteiger partial charge in [0.1, 0.15) is 5.75 Å². The van der Waals surface area contributed by atoms with Crippen molar-refractivity contribution in [3.05, 3.63) is 88.4 Å². The molecule has 3 heteroatoms. The third-order valence-corrected chi connectivity index (χ3v) is 4.16. The molecule has 3 aromatic carbocycles. The van der Waals surface area contributed by atoms with E-state index >= 15 is 0 Å². The Kier molecular flexibility index (Phi) is 4.58. The summed E-state index contributed by atoms with van der Waals surface area (Å²) in [5.74, 6) is 0.809. The van der Waals surface area contributed by atoms with Crippen molar-refractivity contribution < 1.29 is 9.53 Å². The maximum absolute atomic E-state index is 12.8. The molecule has 0 aliphatic carbocycles. The molecule has 2 nitrogen and oxygen atoms in total. The minimum absolute atomic E-state index is 0.0175. The van der Waals surface area contributed by atoms with Crippen molar-refractivity contribution >= 4 is 21.7 Å². The molecule has 0 unspecified atom stereocenters. The summed E-state index contributed by atoms with van der Waals surface area (Å²) in [5.41, 5.74) is 3.25. The third-order valence-electron chi connectivity index (χ3n) is 3.66. The van der Waals surface area contributed by atoms with Gasteiger partial charge in [0.15, 0.2) is 5.78 Å². The van der Waals surface area contributed by atoms with Gasteiger partial charge in [-0.15, -0.1) is 0 Å². The highest BCUT2D eigenvalue weighted by molar-refractivity contribution is 9.10. The van der Waals surface area contributed by atoms with Crippen molar-refractivity contribution in [2.45, 2.75) is 0 Å². The van der Waals surface area contributed by atoms with Crippen LogP contribution in [0.5, 0.6) is 5.75 Å². The van der Waals surface area contributed by atoms with E-state index in [-0.39, 0.29) is 5.78 Å². The van der Waals surface area contributed by atoms with E-state index in [2.05, 4.69) is 15.9 Å². The Labute approximate surface area is 143 Å². The molecule has 0 bridgehead atoms. The third kappa shape index (κ3) is 3.35. The second-order valence-corrected chi connectivity index (χ2v) is 6.03. The Morgan fingerprint density at radius 3 is 2.26 bits per heavy atom. The van der Waals surface area contributed by atoms with Crippen LogP contribution in [0.25, 0.3) is 11.1 Å². The molecule has 0 aliphatic heterocycles. The summed E-state index contributed by atoms with van der Waals surface area (Å²) in [6.07, 6.45) is 0. The smallest absolute Gasteiger partial charge is 0.193 e. The molecule has 0 amide bonds. The van der Waals surface area contributed by atoms with Crippen LogP contribution < -0.4 is 4.74 Å². The van der Waals surface area contributed by atoms with Crippen molar-refractivity contribution in [3.63, 3.8) is 0 Å². The van der Waals surface area contributed by atoms with Gasteiger partial charge in [-0.1, -0.05) is 58.4 Å². The fourth-order valence-electron chi connectivity index (χ4n) is 2.47. The molecule has 3 aromatic rings. The Morgan fingerprint density at radius 1 is 0.913 bits per heavy atom. The Morgan fingerprint density at radius 2 is 1.61 bits per heavy atom. The number of halogens is 1. The van der Waals surface area contributed by atoms with Gasteiger partial charge in [0.2, 0.25) is 0 Å². The minimum Gasteiger partial charge on any atom is -0.497 e. The van der Waals surface area contributed by atoms with Gasteiger partial charge < -0.3 is 4.74 Å². The molecule has 23 heavy (non-hydrogen) atoms. The number of benzene rings is 3. The number of hydrogen-bond donors (Lipinski definition) is 0. The molecular formula is C20H15BrO2. The van der Waals surface area contributed by atoms with Gasteiger partial charge >= 0.3 is 0 Å². The molecule has 0 aliphatic rings. The maximum atomic E-state index is 12.8. The first-order valence-corrected chi connectivity index (χ1v) is 8.02. The lowest BCUT2D eigenvalue weighted by molar-refractivity contribution is 0.103. The summed E-state index contributed by atoms with van der Waals surface area (Å²) in [6, 6.07) is 22.8. The first kappa shape index (κ1) is 15.5. The highest BCUT2D eigenvalue weighted by atomic mass is 79.9. The van der Waals surface area contributed by atoms with E-state index in [9.17, 15) is 4.79 Å². The van der Waals surface area contributed by atoms with Crippen molar-refractivity contribution in [2.75, 3.05) is 7.11 Å². The highest BCUT2D eigenvalue weighted by Gasteiger charge is 2.15. The van der Waals surface area contributed by atoms with Crippen LogP contribution in [0.2, 0.25) is 0 Å². The largest absolute Gasteiger partial charge is 0.497 e. The fourth-order valence-corrected chi connectivity index (χ4v) is 2.83. The molecular weight excluding hydrogens is 352 g/mol. The van der Waals surface area contributed by atoms with E-state index in [1.165, 1.54) is 0 Å². The first-order chi connectivity index (χ1) is 11.2. The molecule has 0 aromatic heterocycles. The molecule has 0 N–H and O–H groups in total. The average Bonchev–Trinajstić information content (AvgIpc) is 2.62. The van der Waals surface area contributed by atoms with Crippen LogP contribution in [0.1, 0.15) is 15.9 Å². The minimum atomic E-state index is 0.0175. The topological polar surface area (TPSA) is 26.3 Å². The summed E-state index contributed by atoms with van der Waals surface area (Å²) >= 11 is 3.49. The number of ether oxygens (including phenoxy) is 1. The zero-order valence-electron chi connectivity index (χ0n) is 12.6. The molecule has 0 spiro atoms. The first-order valence-electron chi connectivity index (χ1n) is 7.23. The van der Waals surface area contributed by atoms with Crippen LogP contribution in [0.4, 0.5) is 0 Å². The maximum Gasteiger partial charge on any atom is 0.193 e. The average molecular weight is 367 g/mol. The van der Waals surface area contributed by atoms with Crippen LogP contribution in [0.15, 0.2) is 77.3 Å². The molecule has 0 radical (unpaired) electrons. The van der Waals surface area contributed by atoms with Crippen molar-refractivity contribution in [3.8, 4) is 16.9 Å². The van der Waals surface area contributed by atoms with Gasteiger partial charge in [-0.05, 0) is 41.5 Å². The van der Waals surface area contributed by atoms with Gasteiger partial charge in [0.05, 0.1) is 7.11 Å². The predicted octanol–water partition coefficient (Wildman–Crippen LogP) is 5.36. The summed E-state index contributed by atoms with van der Waals surface area (Å²) in [7, 11) is 1.64. The van der Waals surface area contributed by atoms with Gasteiger partial charge in [-0.25, -0.2) is 0 Å². The van der Waals surface area contributed by atoms with Crippen molar-refractivity contribution in [1.82, 2.24) is 0 Å². The molecule has 3 rings (SSSR count). The van der Waals surface area contributed by atoms with Crippen molar-refractivity contribution in [2.24, 2.45) is 0 Å². The van der Waals surface area contributed by atoms with Crippen LogP contribution in [-0.4, -0.2) is 12.9 Å². The second kappa shape index (κ2) is 6.80. The normalized spacial score (nSPS) is 10.3. The van der Waals surface area contributed by atoms with E-state index in [0.29, 0.717) is 11.1 Å². The van der Waals surface area contributed by atoms with E-state index in [0.717, 1.165) is 21.3 Å². The monoisotopic (exact) mass is 366 g/mol. The number of hydrogen-bond acceptors (Lipinski definition) is 2. The van der Waals surface area contributed by atoms with E-state index in [1.807, 2.05) is 72.8 Å². The molecule has 114 valence electrons. The van der Waals surface area contributed by atoms with Gasteiger partial charge in [0, 0.05) is 15.6 Å². The predicted molar refractivity (Wildman–Crippen MR) is 96.0 cm³/mol. The molecule has 0 heterocycles. The number of carbonyl (C=O) groups is 1. The summed E-state index contributed by atoms with van der Waals surface area (Å²) in [5, 5.41) is 0. The SMILES string of the molecule is COc1ccc(-c2cc(Br)ccc2C(=O)c2ccccc2)cc1. The molecule has 0 atom stereocenters. The fraction of sp³-hybridized carbons (Fsp3) is 0.0500. The summed E-state index contributed by atoms with van der Waals surface area (Å²) in [6.45, 7) is 0. The quantitative estimate of drug-likeness (QED) is 0.581. The lowest BCUT2D eigenvalue weighted by atomic mass is 9.94. The van der Waals surface area contributed by atoms with Gasteiger partial charge in [0.25, 0.3) is 0 Å². The van der Waals surface area contributed by atoms with Gasteiger partial charge in [-0.2, -0.15) is 0 Å². The van der Waals surface area contributed by atoms with E-state index in [1.54, 1.807) is 7.11 Å². The highest BCUT2D eigenvalue weighted by Crippen LogP contribution is 2.30. The number of carbonyl (C=O) groups excluding carboxylic acids is 1. The zero-order chi connectivity index (χ0) is 16.2.